The minimum absolute atomic E-state index is 0.240. The molecule has 6 heteroatoms. The van der Waals surface area contributed by atoms with Crippen molar-refractivity contribution < 1.29 is 13.6 Å². The number of benzene rings is 1. The van der Waals surface area contributed by atoms with Crippen LogP contribution in [0.1, 0.15) is 16.9 Å². The minimum atomic E-state index is -2.69. The summed E-state index contributed by atoms with van der Waals surface area (Å²) < 4.78 is 26.2. The molecule has 1 N–H and O–H groups in total. The lowest BCUT2D eigenvalue weighted by molar-refractivity contribution is 0.0751. The van der Waals surface area contributed by atoms with Gasteiger partial charge in [0, 0.05) is 24.2 Å². The number of carbonyl (C=O) groups is 1. The third-order valence-corrected chi connectivity index (χ3v) is 2.79. The van der Waals surface area contributed by atoms with Crippen molar-refractivity contribution in [3.8, 4) is 0 Å². The first-order valence-electron chi connectivity index (χ1n) is 4.85. The quantitative estimate of drug-likeness (QED) is 0.883. The zero-order valence-electron chi connectivity index (χ0n) is 8.88. The summed E-state index contributed by atoms with van der Waals surface area (Å²) in [5.74, 6) is -0.329. The predicted octanol–water partition coefficient (Wildman–Crippen LogP) is 3.05. The highest BCUT2D eigenvalue weighted by Crippen LogP contribution is 2.30. The molecule has 1 amide bonds. The van der Waals surface area contributed by atoms with Crippen molar-refractivity contribution >= 4 is 28.4 Å². The van der Waals surface area contributed by atoms with Gasteiger partial charge in [-0.2, -0.15) is 8.78 Å². The number of rotatable bonds is 2. The van der Waals surface area contributed by atoms with E-state index in [1.807, 2.05) is 0 Å². The smallest absolute Gasteiger partial charge is 0.319 e. The van der Waals surface area contributed by atoms with Gasteiger partial charge in [-0.05, 0) is 12.1 Å². The molecule has 0 aliphatic heterocycles. The Hall–Kier alpha value is -1.62. The summed E-state index contributed by atoms with van der Waals surface area (Å²) in [5, 5.41) is 3.17. The second-order valence-corrected chi connectivity index (χ2v) is 3.88. The third kappa shape index (κ3) is 1.98. The summed E-state index contributed by atoms with van der Waals surface area (Å²) in [6.45, 7) is -2.69. The first kappa shape index (κ1) is 11.9. The van der Waals surface area contributed by atoms with Crippen molar-refractivity contribution in [1.29, 1.82) is 0 Å². The lowest BCUT2D eigenvalue weighted by atomic mass is 10.1. The van der Waals surface area contributed by atoms with Crippen LogP contribution in [0.4, 0.5) is 8.78 Å². The van der Waals surface area contributed by atoms with Crippen LogP contribution in [-0.4, -0.2) is 17.5 Å². The van der Waals surface area contributed by atoms with Crippen LogP contribution in [0.2, 0.25) is 5.02 Å². The third-order valence-electron chi connectivity index (χ3n) is 2.49. The Kier molecular flexibility index (Phi) is 3.02. The summed E-state index contributed by atoms with van der Waals surface area (Å²) in [5.41, 5.74) is 0.558. The molecule has 1 aromatic heterocycles. The molecule has 90 valence electrons. The number of nitrogens with zero attached hydrogens (tertiary/aromatic N) is 1. The highest BCUT2D eigenvalue weighted by atomic mass is 35.5. The van der Waals surface area contributed by atoms with Gasteiger partial charge in [0.2, 0.25) is 0 Å². The van der Waals surface area contributed by atoms with Gasteiger partial charge < -0.3 is 5.32 Å². The molecule has 0 atom stereocenters. The molecule has 17 heavy (non-hydrogen) atoms. The number of hydrogen-bond donors (Lipinski definition) is 1. The summed E-state index contributed by atoms with van der Waals surface area (Å²) in [7, 11) is 1.48. The van der Waals surface area contributed by atoms with Crippen LogP contribution in [-0.2, 0) is 0 Å². The average molecular weight is 259 g/mol. The van der Waals surface area contributed by atoms with Crippen LogP contribution in [0.3, 0.4) is 0 Å². The summed E-state index contributed by atoms with van der Waals surface area (Å²) >= 11 is 5.83. The van der Waals surface area contributed by atoms with E-state index < -0.39 is 6.55 Å². The molecular weight excluding hydrogens is 250 g/mol. The number of nitrogens with one attached hydrogen (secondary N) is 1. The van der Waals surface area contributed by atoms with Crippen LogP contribution in [0.15, 0.2) is 24.4 Å². The summed E-state index contributed by atoms with van der Waals surface area (Å²) in [4.78, 5) is 11.4. The van der Waals surface area contributed by atoms with E-state index in [0.29, 0.717) is 10.9 Å². The van der Waals surface area contributed by atoms with Gasteiger partial charge in [-0.3, -0.25) is 9.36 Å². The molecule has 2 rings (SSSR count). The van der Waals surface area contributed by atoms with E-state index in [1.165, 1.54) is 13.1 Å². The molecule has 1 heterocycles. The highest BCUT2D eigenvalue weighted by Gasteiger charge is 2.15. The van der Waals surface area contributed by atoms with Gasteiger partial charge in [0.1, 0.15) is 0 Å². The number of halogens is 3. The van der Waals surface area contributed by atoms with E-state index in [-0.39, 0.29) is 16.4 Å². The molecule has 0 saturated carbocycles. The number of hydrogen-bond acceptors (Lipinski definition) is 1. The van der Waals surface area contributed by atoms with Gasteiger partial charge in [-0.1, -0.05) is 17.7 Å². The Labute approximate surface area is 101 Å². The van der Waals surface area contributed by atoms with E-state index >= 15 is 0 Å². The predicted molar refractivity (Wildman–Crippen MR) is 61.6 cm³/mol. The Morgan fingerprint density at radius 3 is 2.76 bits per heavy atom. The fourth-order valence-corrected chi connectivity index (χ4v) is 1.92. The summed E-state index contributed by atoms with van der Waals surface area (Å²) in [6, 6.07) is 4.50. The van der Waals surface area contributed by atoms with Crippen LogP contribution in [0, 0.1) is 0 Å². The molecule has 3 nitrogen and oxygen atoms in total. The second kappa shape index (κ2) is 4.33. The molecule has 0 radical (unpaired) electrons. The Morgan fingerprint density at radius 1 is 1.47 bits per heavy atom. The maximum atomic E-state index is 12.7. The van der Waals surface area contributed by atoms with Gasteiger partial charge in [0.25, 0.3) is 5.91 Å². The highest BCUT2D eigenvalue weighted by molar-refractivity contribution is 6.35. The molecule has 0 aliphatic carbocycles. The molecule has 0 saturated heterocycles. The monoisotopic (exact) mass is 258 g/mol. The van der Waals surface area contributed by atoms with Gasteiger partial charge in [-0.25, -0.2) is 0 Å². The lowest BCUT2D eigenvalue weighted by Gasteiger charge is -2.04. The minimum Gasteiger partial charge on any atom is -0.355 e. The number of alkyl halides is 2. The lowest BCUT2D eigenvalue weighted by Crippen LogP contribution is -2.17. The second-order valence-electron chi connectivity index (χ2n) is 3.47. The maximum Gasteiger partial charge on any atom is 0.319 e. The van der Waals surface area contributed by atoms with E-state index in [2.05, 4.69) is 5.32 Å². The normalized spacial score (nSPS) is 11.1. The summed E-state index contributed by atoms with van der Waals surface area (Å²) in [6.07, 6.45) is 1.16. The molecule has 2 aromatic rings. The van der Waals surface area contributed by atoms with Crippen LogP contribution in [0.5, 0.6) is 0 Å². The van der Waals surface area contributed by atoms with Crippen LogP contribution >= 0.6 is 11.6 Å². The number of fused-ring (bicyclic) bond motifs is 1. The van der Waals surface area contributed by atoms with Crippen molar-refractivity contribution in [3.05, 3.63) is 35.0 Å². The Balaban J connectivity index is 2.66. The van der Waals surface area contributed by atoms with Crippen LogP contribution < -0.4 is 5.32 Å². The molecule has 0 spiro atoms. The molecule has 0 bridgehead atoms. The van der Waals surface area contributed by atoms with E-state index in [0.717, 1.165) is 10.8 Å². The number of carbonyl (C=O) groups excluding carboxylic acids is 1. The van der Waals surface area contributed by atoms with E-state index in [4.69, 9.17) is 11.6 Å². The standard InChI is InChI=1S/C11H9ClF2N2O/c1-15-10(17)6-2-3-7-8(12)5-16(11(13)14)9(7)4-6/h2-5,11H,1H3,(H,15,17). The SMILES string of the molecule is CNC(=O)c1ccc2c(Cl)cn(C(F)F)c2c1. The Bertz CT molecular complexity index is 580. The molecule has 1 aromatic carbocycles. The van der Waals surface area contributed by atoms with E-state index in [9.17, 15) is 13.6 Å². The molecule has 0 fully saturated rings. The van der Waals surface area contributed by atoms with Gasteiger partial charge in [0.15, 0.2) is 0 Å². The van der Waals surface area contributed by atoms with Gasteiger partial charge in [-0.15, -0.1) is 0 Å². The van der Waals surface area contributed by atoms with Crippen molar-refractivity contribution in [1.82, 2.24) is 9.88 Å². The first-order valence-corrected chi connectivity index (χ1v) is 5.22. The van der Waals surface area contributed by atoms with Crippen LogP contribution in [0.25, 0.3) is 10.9 Å². The number of aromatic nitrogens is 1. The van der Waals surface area contributed by atoms with Crippen molar-refractivity contribution in [2.45, 2.75) is 6.55 Å². The van der Waals surface area contributed by atoms with Gasteiger partial charge in [0.05, 0.1) is 10.5 Å². The molecule has 0 unspecified atom stereocenters. The average Bonchev–Trinajstić information content (AvgIpc) is 2.65. The fourth-order valence-electron chi connectivity index (χ4n) is 1.66. The molecular formula is C11H9ClF2N2O. The van der Waals surface area contributed by atoms with Crippen molar-refractivity contribution in [2.24, 2.45) is 0 Å². The maximum absolute atomic E-state index is 12.7. The number of amides is 1. The van der Waals surface area contributed by atoms with Crippen molar-refractivity contribution in [2.75, 3.05) is 7.05 Å². The zero-order valence-corrected chi connectivity index (χ0v) is 9.63. The van der Waals surface area contributed by atoms with E-state index in [1.54, 1.807) is 12.1 Å². The van der Waals surface area contributed by atoms with Crippen molar-refractivity contribution in [3.63, 3.8) is 0 Å². The zero-order chi connectivity index (χ0) is 12.6. The first-order chi connectivity index (χ1) is 8.04. The fraction of sp³-hybridized carbons (Fsp3) is 0.182. The Morgan fingerprint density at radius 2 is 2.18 bits per heavy atom. The topological polar surface area (TPSA) is 34.0 Å². The largest absolute Gasteiger partial charge is 0.355 e. The van der Waals surface area contributed by atoms with Gasteiger partial charge >= 0.3 is 6.55 Å². The molecule has 0 aliphatic rings.